The molecular formula is C14H15NO3S. The van der Waals surface area contributed by atoms with Gasteiger partial charge in [-0.2, -0.15) is 0 Å². The minimum atomic E-state index is -1.20. The van der Waals surface area contributed by atoms with Gasteiger partial charge in [0.15, 0.2) is 0 Å². The first-order chi connectivity index (χ1) is 9.24. The molecule has 2 aromatic rings. The lowest BCUT2D eigenvalue weighted by atomic mass is 10.2. The Hall–Kier alpha value is -1.88. The molecule has 0 fully saturated rings. The molecule has 4 nitrogen and oxygen atoms in total. The van der Waals surface area contributed by atoms with Crippen molar-refractivity contribution in [3.63, 3.8) is 0 Å². The summed E-state index contributed by atoms with van der Waals surface area (Å²) in [5.41, 5.74) is 0.839. The number of benzene rings is 1. The largest absolute Gasteiger partial charge is 0.497 e. The molecule has 0 radical (unpaired) electrons. The van der Waals surface area contributed by atoms with Crippen molar-refractivity contribution >= 4 is 10.8 Å². The van der Waals surface area contributed by atoms with Gasteiger partial charge in [0.05, 0.1) is 30.8 Å². The van der Waals surface area contributed by atoms with Crippen molar-refractivity contribution < 1.29 is 13.7 Å². The monoisotopic (exact) mass is 277 g/mol. The standard InChI is InChI=1S/C14H15NO3S/c1-17-12-6-7-13(18-2)11(9-12)10-19(16)14-5-3-4-8-15-14/h3-9H,10H2,1-2H3. The van der Waals surface area contributed by atoms with Crippen LogP contribution in [-0.4, -0.2) is 23.4 Å². The van der Waals surface area contributed by atoms with Gasteiger partial charge in [-0.1, -0.05) is 6.07 Å². The SMILES string of the molecule is COc1ccc(OC)c(CS(=O)c2ccccn2)c1. The first-order valence-electron chi connectivity index (χ1n) is 5.75. The van der Waals surface area contributed by atoms with E-state index in [9.17, 15) is 4.21 Å². The van der Waals surface area contributed by atoms with Crippen LogP contribution >= 0.6 is 0 Å². The van der Waals surface area contributed by atoms with Crippen LogP contribution in [0.5, 0.6) is 11.5 Å². The molecule has 19 heavy (non-hydrogen) atoms. The molecule has 1 heterocycles. The van der Waals surface area contributed by atoms with Gasteiger partial charge < -0.3 is 9.47 Å². The number of nitrogens with zero attached hydrogens (tertiary/aromatic N) is 1. The quantitative estimate of drug-likeness (QED) is 0.842. The molecule has 1 aromatic heterocycles. The third-order valence-electron chi connectivity index (χ3n) is 2.65. The molecule has 5 heteroatoms. The van der Waals surface area contributed by atoms with Crippen molar-refractivity contribution in [1.82, 2.24) is 4.98 Å². The Kier molecular flexibility index (Phi) is 4.52. The first-order valence-corrected chi connectivity index (χ1v) is 7.07. The summed E-state index contributed by atoms with van der Waals surface area (Å²) in [6.07, 6.45) is 1.63. The predicted molar refractivity (Wildman–Crippen MR) is 73.9 cm³/mol. The summed E-state index contributed by atoms with van der Waals surface area (Å²) in [4.78, 5) is 4.10. The average Bonchev–Trinajstić information content (AvgIpc) is 2.48. The van der Waals surface area contributed by atoms with Gasteiger partial charge in [0, 0.05) is 11.8 Å². The fourth-order valence-electron chi connectivity index (χ4n) is 1.69. The van der Waals surface area contributed by atoms with Crippen LogP contribution in [0.2, 0.25) is 0 Å². The van der Waals surface area contributed by atoms with Gasteiger partial charge in [-0.25, -0.2) is 4.98 Å². The second-order valence-corrected chi connectivity index (χ2v) is 5.23. The first kappa shape index (κ1) is 13.5. The third-order valence-corrected chi connectivity index (χ3v) is 3.93. The highest BCUT2D eigenvalue weighted by atomic mass is 32.2. The fourth-order valence-corrected chi connectivity index (χ4v) is 2.76. The van der Waals surface area contributed by atoms with Crippen LogP contribution in [0.25, 0.3) is 0 Å². The Morgan fingerprint density at radius 2 is 2.00 bits per heavy atom. The summed E-state index contributed by atoms with van der Waals surface area (Å²) in [6, 6.07) is 10.8. The zero-order chi connectivity index (χ0) is 13.7. The second kappa shape index (κ2) is 6.33. The summed E-state index contributed by atoms with van der Waals surface area (Å²) in [7, 11) is 1.99. The number of hydrogen-bond donors (Lipinski definition) is 0. The molecule has 2 rings (SSSR count). The van der Waals surface area contributed by atoms with Crippen LogP contribution in [-0.2, 0) is 16.6 Å². The number of methoxy groups -OCH3 is 2. The highest BCUT2D eigenvalue weighted by molar-refractivity contribution is 7.84. The molecule has 0 aliphatic heterocycles. The van der Waals surface area contributed by atoms with Crippen molar-refractivity contribution in [3.05, 3.63) is 48.2 Å². The minimum absolute atomic E-state index is 0.345. The normalized spacial score (nSPS) is 11.9. The zero-order valence-corrected chi connectivity index (χ0v) is 11.6. The van der Waals surface area contributed by atoms with E-state index in [1.165, 1.54) is 0 Å². The van der Waals surface area contributed by atoms with Gasteiger partial charge in [-0.3, -0.25) is 4.21 Å². The Morgan fingerprint density at radius 1 is 1.16 bits per heavy atom. The summed E-state index contributed by atoms with van der Waals surface area (Å²) in [5, 5.41) is 0.562. The number of aromatic nitrogens is 1. The second-order valence-electron chi connectivity index (χ2n) is 3.84. The zero-order valence-electron chi connectivity index (χ0n) is 10.8. The fraction of sp³-hybridized carbons (Fsp3) is 0.214. The maximum Gasteiger partial charge on any atom is 0.127 e. The van der Waals surface area contributed by atoms with Crippen LogP contribution in [0.15, 0.2) is 47.6 Å². The lowest BCUT2D eigenvalue weighted by molar-refractivity contribution is 0.400. The molecule has 1 atom stereocenters. The molecule has 1 aromatic carbocycles. The van der Waals surface area contributed by atoms with E-state index in [0.717, 1.165) is 5.56 Å². The van der Waals surface area contributed by atoms with Crippen molar-refractivity contribution in [2.24, 2.45) is 0 Å². The summed E-state index contributed by atoms with van der Waals surface area (Å²) in [6.45, 7) is 0. The van der Waals surface area contributed by atoms with Crippen LogP contribution in [0.3, 0.4) is 0 Å². The van der Waals surface area contributed by atoms with Crippen molar-refractivity contribution in [1.29, 1.82) is 0 Å². The molecule has 0 N–H and O–H groups in total. The molecule has 0 aliphatic rings. The van der Waals surface area contributed by atoms with E-state index >= 15 is 0 Å². The number of ether oxygens (including phenoxy) is 2. The molecule has 0 saturated carbocycles. The van der Waals surface area contributed by atoms with Crippen molar-refractivity contribution in [2.45, 2.75) is 10.8 Å². The molecule has 1 unspecified atom stereocenters. The van der Waals surface area contributed by atoms with Gasteiger partial charge in [-0.15, -0.1) is 0 Å². The molecular weight excluding hydrogens is 262 g/mol. The van der Waals surface area contributed by atoms with Crippen LogP contribution in [0.4, 0.5) is 0 Å². The summed E-state index contributed by atoms with van der Waals surface area (Å²) in [5.74, 6) is 1.76. The van der Waals surface area contributed by atoms with Gasteiger partial charge in [0.25, 0.3) is 0 Å². The molecule has 0 saturated heterocycles. The van der Waals surface area contributed by atoms with Gasteiger partial charge in [0.2, 0.25) is 0 Å². The molecule has 100 valence electrons. The van der Waals surface area contributed by atoms with Crippen molar-refractivity contribution in [2.75, 3.05) is 14.2 Å². The van der Waals surface area contributed by atoms with Crippen LogP contribution in [0, 0.1) is 0 Å². The van der Waals surface area contributed by atoms with Gasteiger partial charge in [0.1, 0.15) is 16.5 Å². The Morgan fingerprint density at radius 3 is 2.63 bits per heavy atom. The highest BCUT2D eigenvalue weighted by Gasteiger charge is 2.11. The lowest BCUT2D eigenvalue weighted by Crippen LogP contribution is -2.01. The summed E-state index contributed by atoms with van der Waals surface area (Å²) >= 11 is 0. The van der Waals surface area contributed by atoms with E-state index in [1.54, 1.807) is 32.5 Å². The Labute approximate surface area is 114 Å². The maximum absolute atomic E-state index is 12.2. The minimum Gasteiger partial charge on any atom is -0.497 e. The molecule has 0 bridgehead atoms. The molecule has 0 spiro atoms. The van der Waals surface area contributed by atoms with E-state index in [2.05, 4.69) is 4.98 Å². The number of pyridine rings is 1. The predicted octanol–water partition coefficient (Wildman–Crippen LogP) is 2.41. The van der Waals surface area contributed by atoms with Gasteiger partial charge in [-0.05, 0) is 30.3 Å². The van der Waals surface area contributed by atoms with Gasteiger partial charge >= 0.3 is 0 Å². The smallest absolute Gasteiger partial charge is 0.127 e. The highest BCUT2D eigenvalue weighted by Crippen LogP contribution is 2.26. The molecule has 0 amide bonds. The third kappa shape index (κ3) is 3.32. The number of hydrogen-bond acceptors (Lipinski definition) is 4. The van der Waals surface area contributed by atoms with E-state index in [0.29, 0.717) is 22.3 Å². The van der Waals surface area contributed by atoms with Crippen LogP contribution < -0.4 is 9.47 Å². The maximum atomic E-state index is 12.2. The summed E-state index contributed by atoms with van der Waals surface area (Å²) < 4.78 is 22.7. The Balaban J connectivity index is 2.25. The number of rotatable bonds is 5. The van der Waals surface area contributed by atoms with E-state index in [1.807, 2.05) is 24.3 Å². The van der Waals surface area contributed by atoms with E-state index < -0.39 is 10.8 Å². The van der Waals surface area contributed by atoms with Crippen molar-refractivity contribution in [3.8, 4) is 11.5 Å². The average molecular weight is 277 g/mol. The lowest BCUT2D eigenvalue weighted by Gasteiger charge is -2.10. The molecule has 0 aliphatic carbocycles. The van der Waals surface area contributed by atoms with E-state index in [-0.39, 0.29) is 0 Å². The Bertz CT molecular complexity index is 572. The van der Waals surface area contributed by atoms with Crippen LogP contribution in [0.1, 0.15) is 5.56 Å². The topological polar surface area (TPSA) is 48.4 Å². The van der Waals surface area contributed by atoms with E-state index in [4.69, 9.17) is 9.47 Å².